The molecule has 1 amide bonds. The zero-order valence-corrected chi connectivity index (χ0v) is 16.2. The number of amides is 1. The molecule has 0 bridgehead atoms. The lowest BCUT2D eigenvalue weighted by Gasteiger charge is -2.12. The highest BCUT2D eigenvalue weighted by Gasteiger charge is 2.31. The Morgan fingerprint density at radius 2 is 1.85 bits per heavy atom. The van der Waals surface area contributed by atoms with E-state index in [4.69, 9.17) is 0 Å². The lowest BCUT2D eigenvalue weighted by Crippen LogP contribution is -2.35. The molecule has 0 saturated carbocycles. The molecule has 1 saturated heterocycles. The number of carbonyl (C=O) groups is 1. The summed E-state index contributed by atoms with van der Waals surface area (Å²) in [6.07, 6.45) is 0.263. The van der Waals surface area contributed by atoms with Gasteiger partial charge in [-0.05, 0) is 49.7 Å². The monoisotopic (exact) mass is 409 g/mol. The maximum absolute atomic E-state index is 12.4. The number of rotatable bonds is 5. The molecule has 8 nitrogen and oxygen atoms in total. The van der Waals surface area contributed by atoms with Crippen molar-refractivity contribution in [2.45, 2.75) is 24.3 Å². The third-order valence-corrected chi connectivity index (χ3v) is 7.40. The number of anilines is 1. The van der Waals surface area contributed by atoms with E-state index in [1.54, 1.807) is 25.1 Å². The Balaban J connectivity index is 1.68. The fourth-order valence-electron chi connectivity index (χ4n) is 2.76. The molecule has 144 valence electrons. The number of pyridine rings is 1. The van der Waals surface area contributed by atoms with Gasteiger partial charge in [-0.15, -0.1) is 0 Å². The van der Waals surface area contributed by atoms with Gasteiger partial charge in [0.05, 0.1) is 16.4 Å². The summed E-state index contributed by atoms with van der Waals surface area (Å²) in [6, 6.07) is 10.1. The molecule has 1 aliphatic rings. The molecule has 1 fully saturated rings. The summed E-state index contributed by atoms with van der Waals surface area (Å²) in [6.45, 7) is 1.78. The number of carbonyl (C=O) groups excluding carboxylic acids is 1. The molecule has 10 heteroatoms. The number of aryl methyl sites for hydroxylation is 1. The third kappa shape index (κ3) is 4.90. The topological polar surface area (TPSA) is 122 Å². The van der Waals surface area contributed by atoms with Crippen LogP contribution in [0.2, 0.25) is 0 Å². The first-order valence-electron chi connectivity index (χ1n) is 8.22. The van der Waals surface area contributed by atoms with Crippen molar-refractivity contribution in [1.29, 1.82) is 0 Å². The van der Waals surface area contributed by atoms with Crippen molar-refractivity contribution in [3.63, 3.8) is 0 Å². The van der Waals surface area contributed by atoms with Gasteiger partial charge in [0.1, 0.15) is 5.69 Å². The van der Waals surface area contributed by atoms with Crippen molar-refractivity contribution in [2.75, 3.05) is 16.8 Å². The fourth-order valence-corrected chi connectivity index (χ4v) is 5.81. The minimum atomic E-state index is -3.84. The smallest absolute Gasteiger partial charge is 0.274 e. The molecule has 1 atom stereocenters. The first-order valence-corrected chi connectivity index (χ1v) is 11.5. The van der Waals surface area contributed by atoms with Crippen LogP contribution >= 0.6 is 0 Å². The van der Waals surface area contributed by atoms with Gasteiger partial charge in [-0.25, -0.2) is 26.5 Å². The Bertz CT molecular complexity index is 1060. The molecule has 27 heavy (non-hydrogen) atoms. The van der Waals surface area contributed by atoms with E-state index in [0.29, 0.717) is 11.4 Å². The highest BCUT2D eigenvalue weighted by atomic mass is 32.2. The summed E-state index contributed by atoms with van der Waals surface area (Å²) < 4.78 is 50.1. The number of sulfone groups is 1. The van der Waals surface area contributed by atoms with Gasteiger partial charge >= 0.3 is 0 Å². The van der Waals surface area contributed by atoms with E-state index >= 15 is 0 Å². The third-order valence-electron chi connectivity index (χ3n) is 4.10. The van der Waals surface area contributed by atoms with Gasteiger partial charge < -0.3 is 5.32 Å². The number of benzene rings is 1. The van der Waals surface area contributed by atoms with Crippen LogP contribution in [0.1, 0.15) is 22.6 Å². The molecular weight excluding hydrogens is 390 g/mol. The first-order chi connectivity index (χ1) is 12.6. The van der Waals surface area contributed by atoms with Crippen molar-refractivity contribution >= 4 is 31.5 Å². The Labute approximate surface area is 158 Å². The summed E-state index contributed by atoms with van der Waals surface area (Å²) in [5, 5.41) is 2.65. The molecule has 1 aliphatic heterocycles. The normalized spacial score (nSPS) is 18.9. The van der Waals surface area contributed by atoms with Crippen LogP contribution in [0.25, 0.3) is 0 Å². The highest BCUT2D eigenvalue weighted by molar-refractivity contribution is 7.92. The molecule has 2 aromatic rings. The van der Waals surface area contributed by atoms with E-state index in [2.05, 4.69) is 15.0 Å². The minimum Gasteiger partial charge on any atom is -0.321 e. The van der Waals surface area contributed by atoms with Crippen molar-refractivity contribution in [3.8, 4) is 0 Å². The second kappa shape index (κ2) is 7.37. The molecule has 2 N–H and O–H groups in total. The van der Waals surface area contributed by atoms with E-state index in [1.165, 1.54) is 24.3 Å². The van der Waals surface area contributed by atoms with Crippen LogP contribution in [-0.4, -0.2) is 45.3 Å². The molecule has 1 unspecified atom stereocenters. The van der Waals surface area contributed by atoms with E-state index in [0.717, 1.165) is 0 Å². The molecular formula is C17H19N3O5S2. The average Bonchev–Trinajstić information content (AvgIpc) is 2.93. The zero-order valence-electron chi connectivity index (χ0n) is 14.5. The quantitative estimate of drug-likeness (QED) is 0.763. The SMILES string of the molecule is Cc1cccc(C(=O)Nc2ccc(S(=O)(=O)NC3CCS(=O)(=O)C3)cc2)n1. The van der Waals surface area contributed by atoms with Crippen molar-refractivity contribution in [1.82, 2.24) is 9.71 Å². The number of nitrogens with one attached hydrogen (secondary N) is 2. The van der Waals surface area contributed by atoms with Gasteiger partial charge in [-0.2, -0.15) is 0 Å². The summed E-state index contributed by atoms with van der Waals surface area (Å²) in [5.41, 5.74) is 1.39. The highest BCUT2D eigenvalue weighted by Crippen LogP contribution is 2.18. The fraction of sp³-hybridized carbons (Fsp3) is 0.294. The molecule has 1 aromatic heterocycles. The van der Waals surface area contributed by atoms with Gasteiger partial charge in [0, 0.05) is 17.4 Å². The maximum atomic E-state index is 12.4. The van der Waals surface area contributed by atoms with Gasteiger partial charge in [0.25, 0.3) is 5.91 Å². The van der Waals surface area contributed by atoms with Crippen LogP contribution < -0.4 is 10.0 Å². The second-order valence-corrected chi connectivity index (χ2v) is 10.3. The number of hydrogen-bond acceptors (Lipinski definition) is 6. The van der Waals surface area contributed by atoms with Crippen LogP contribution in [0, 0.1) is 6.92 Å². The lowest BCUT2D eigenvalue weighted by molar-refractivity contribution is 0.102. The molecule has 1 aromatic carbocycles. The summed E-state index contributed by atoms with van der Waals surface area (Å²) in [7, 11) is -7.02. The Kier molecular flexibility index (Phi) is 5.31. The van der Waals surface area contributed by atoms with Gasteiger partial charge in [-0.3, -0.25) is 4.79 Å². The molecule has 2 heterocycles. The summed E-state index contributed by atoms with van der Waals surface area (Å²) >= 11 is 0. The van der Waals surface area contributed by atoms with Crippen molar-refractivity contribution < 1.29 is 21.6 Å². The van der Waals surface area contributed by atoms with Gasteiger partial charge in [0.2, 0.25) is 10.0 Å². The average molecular weight is 409 g/mol. The molecule has 0 spiro atoms. The lowest BCUT2D eigenvalue weighted by atomic mass is 10.2. The van der Waals surface area contributed by atoms with Gasteiger partial charge in [0.15, 0.2) is 9.84 Å². The van der Waals surface area contributed by atoms with Crippen molar-refractivity contribution in [2.24, 2.45) is 0 Å². The van der Waals surface area contributed by atoms with Crippen LogP contribution in [0.5, 0.6) is 0 Å². The Morgan fingerprint density at radius 3 is 2.44 bits per heavy atom. The molecule has 3 rings (SSSR count). The number of aromatic nitrogens is 1. The number of sulfonamides is 1. The largest absolute Gasteiger partial charge is 0.321 e. The minimum absolute atomic E-state index is 0.00141. The summed E-state index contributed by atoms with van der Waals surface area (Å²) in [5.74, 6) is -0.606. The number of nitrogens with zero attached hydrogens (tertiary/aromatic N) is 1. The van der Waals surface area contributed by atoms with E-state index < -0.39 is 31.8 Å². The van der Waals surface area contributed by atoms with E-state index in [-0.39, 0.29) is 28.5 Å². The molecule has 0 radical (unpaired) electrons. The van der Waals surface area contributed by atoms with E-state index in [1.807, 2.05) is 0 Å². The van der Waals surface area contributed by atoms with Crippen molar-refractivity contribution in [3.05, 3.63) is 53.9 Å². The van der Waals surface area contributed by atoms with Crippen LogP contribution in [0.15, 0.2) is 47.4 Å². The summed E-state index contributed by atoms with van der Waals surface area (Å²) in [4.78, 5) is 16.3. The maximum Gasteiger partial charge on any atom is 0.274 e. The second-order valence-electron chi connectivity index (χ2n) is 6.36. The standard InChI is InChI=1S/C17H19N3O5S2/c1-12-3-2-4-16(18-12)17(21)19-13-5-7-15(8-6-13)27(24,25)20-14-9-10-26(22,23)11-14/h2-8,14,20H,9-11H2,1H3,(H,19,21). The Morgan fingerprint density at radius 1 is 1.15 bits per heavy atom. The number of hydrogen-bond donors (Lipinski definition) is 2. The predicted octanol–water partition coefficient (Wildman–Crippen LogP) is 1.11. The first kappa shape index (κ1) is 19.5. The zero-order chi connectivity index (χ0) is 19.7. The molecule has 0 aliphatic carbocycles. The predicted molar refractivity (Wildman–Crippen MR) is 101 cm³/mol. The van der Waals surface area contributed by atoms with Gasteiger partial charge in [-0.1, -0.05) is 6.07 Å². The van der Waals surface area contributed by atoms with Crippen LogP contribution in [0.4, 0.5) is 5.69 Å². The van der Waals surface area contributed by atoms with Crippen LogP contribution in [-0.2, 0) is 19.9 Å². The Hall–Kier alpha value is -2.30. The van der Waals surface area contributed by atoms with E-state index in [9.17, 15) is 21.6 Å². The van der Waals surface area contributed by atoms with Crippen LogP contribution in [0.3, 0.4) is 0 Å².